The molecular formula is C10H16F3NO. The van der Waals surface area contributed by atoms with Crippen LogP contribution in [0.5, 0.6) is 0 Å². The number of carbonyl (C=O) groups is 1. The molecule has 15 heavy (non-hydrogen) atoms. The summed E-state index contributed by atoms with van der Waals surface area (Å²) in [6.45, 7) is 3.28. The molecule has 1 aliphatic rings. The molecule has 3 unspecified atom stereocenters. The number of nitrogens with one attached hydrogen (secondary N) is 1. The molecule has 0 aliphatic carbocycles. The number of alkyl halides is 3. The van der Waals surface area contributed by atoms with Gasteiger partial charge in [-0.3, -0.25) is 4.79 Å². The SMILES string of the molecule is CC1CCCC(C(C)C(=O)C(F)(F)F)N1. The molecule has 0 spiro atoms. The van der Waals surface area contributed by atoms with Crippen LogP contribution in [0.2, 0.25) is 0 Å². The molecule has 0 radical (unpaired) electrons. The number of hydrogen-bond acceptors (Lipinski definition) is 2. The van der Waals surface area contributed by atoms with Crippen molar-refractivity contribution in [2.75, 3.05) is 0 Å². The van der Waals surface area contributed by atoms with Gasteiger partial charge < -0.3 is 5.32 Å². The van der Waals surface area contributed by atoms with Gasteiger partial charge in [-0.05, 0) is 19.8 Å². The summed E-state index contributed by atoms with van der Waals surface area (Å²) >= 11 is 0. The third-order valence-electron chi connectivity index (χ3n) is 2.95. The van der Waals surface area contributed by atoms with Crippen molar-refractivity contribution in [3.05, 3.63) is 0 Å². The van der Waals surface area contributed by atoms with Gasteiger partial charge in [-0.25, -0.2) is 0 Å². The van der Waals surface area contributed by atoms with Gasteiger partial charge in [-0.15, -0.1) is 0 Å². The number of Topliss-reactive ketones (excluding diaryl/α,β-unsaturated/α-hetero) is 1. The molecule has 0 bridgehead atoms. The van der Waals surface area contributed by atoms with Crippen molar-refractivity contribution in [3.63, 3.8) is 0 Å². The van der Waals surface area contributed by atoms with Crippen LogP contribution < -0.4 is 5.32 Å². The summed E-state index contributed by atoms with van der Waals surface area (Å²) in [4.78, 5) is 11.0. The van der Waals surface area contributed by atoms with Crippen LogP contribution in [0.15, 0.2) is 0 Å². The van der Waals surface area contributed by atoms with Crippen LogP contribution in [0.1, 0.15) is 33.1 Å². The molecule has 1 saturated heterocycles. The lowest BCUT2D eigenvalue weighted by Crippen LogP contribution is -2.48. The largest absolute Gasteiger partial charge is 0.450 e. The van der Waals surface area contributed by atoms with E-state index in [1.54, 1.807) is 0 Å². The molecule has 2 nitrogen and oxygen atoms in total. The number of piperidine rings is 1. The summed E-state index contributed by atoms with van der Waals surface area (Å²) in [7, 11) is 0. The van der Waals surface area contributed by atoms with Crippen molar-refractivity contribution in [2.24, 2.45) is 5.92 Å². The van der Waals surface area contributed by atoms with E-state index in [0.29, 0.717) is 6.42 Å². The van der Waals surface area contributed by atoms with Gasteiger partial charge in [0.05, 0.1) is 0 Å². The van der Waals surface area contributed by atoms with E-state index in [-0.39, 0.29) is 12.1 Å². The zero-order valence-corrected chi connectivity index (χ0v) is 8.90. The van der Waals surface area contributed by atoms with Crippen molar-refractivity contribution in [1.29, 1.82) is 0 Å². The van der Waals surface area contributed by atoms with Crippen LogP contribution in [-0.2, 0) is 4.79 Å². The van der Waals surface area contributed by atoms with Gasteiger partial charge in [0.15, 0.2) is 0 Å². The Balaban J connectivity index is 2.59. The molecule has 1 N–H and O–H groups in total. The normalized spacial score (nSPS) is 29.9. The monoisotopic (exact) mass is 223 g/mol. The fourth-order valence-corrected chi connectivity index (χ4v) is 2.01. The molecule has 1 aliphatic heterocycles. The van der Waals surface area contributed by atoms with E-state index in [1.807, 2.05) is 6.92 Å². The van der Waals surface area contributed by atoms with Crippen molar-refractivity contribution in [3.8, 4) is 0 Å². The van der Waals surface area contributed by atoms with Gasteiger partial charge in [0.1, 0.15) is 0 Å². The summed E-state index contributed by atoms with van der Waals surface area (Å²) < 4.78 is 36.5. The highest BCUT2D eigenvalue weighted by molar-refractivity contribution is 5.86. The zero-order valence-electron chi connectivity index (χ0n) is 8.90. The summed E-state index contributed by atoms with van der Waals surface area (Å²) in [6, 6.07) is -0.130. The molecule has 0 amide bonds. The number of halogens is 3. The summed E-state index contributed by atoms with van der Waals surface area (Å²) in [5.74, 6) is -2.60. The van der Waals surface area contributed by atoms with Crippen LogP contribution in [0.4, 0.5) is 13.2 Å². The minimum absolute atomic E-state index is 0.201. The second-order valence-electron chi connectivity index (χ2n) is 4.26. The Kier molecular flexibility index (Phi) is 3.76. The lowest BCUT2D eigenvalue weighted by molar-refractivity contribution is -0.176. The van der Waals surface area contributed by atoms with Crippen LogP contribution in [0.3, 0.4) is 0 Å². The molecule has 3 atom stereocenters. The van der Waals surface area contributed by atoms with Gasteiger partial charge in [-0.1, -0.05) is 13.3 Å². The summed E-state index contributed by atoms with van der Waals surface area (Å²) in [5.41, 5.74) is 0. The van der Waals surface area contributed by atoms with Crippen LogP contribution in [0.25, 0.3) is 0 Å². The van der Waals surface area contributed by atoms with Gasteiger partial charge >= 0.3 is 6.18 Å². The van der Waals surface area contributed by atoms with Crippen LogP contribution in [0, 0.1) is 5.92 Å². The van der Waals surface area contributed by atoms with Gasteiger partial charge in [-0.2, -0.15) is 13.2 Å². The van der Waals surface area contributed by atoms with E-state index in [0.717, 1.165) is 12.8 Å². The van der Waals surface area contributed by atoms with E-state index in [4.69, 9.17) is 0 Å². The maximum Gasteiger partial charge on any atom is 0.450 e. The van der Waals surface area contributed by atoms with Gasteiger partial charge in [0, 0.05) is 18.0 Å². The van der Waals surface area contributed by atoms with E-state index >= 15 is 0 Å². The van der Waals surface area contributed by atoms with E-state index in [9.17, 15) is 18.0 Å². The smallest absolute Gasteiger partial charge is 0.311 e. The van der Waals surface area contributed by atoms with Crippen molar-refractivity contribution < 1.29 is 18.0 Å². The second-order valence-corrected chi connectivity index (χ2v) is 4.26. The number of carbonyl (C=O) groups excluding carboxylic acids is 1. The fourth-order valence-electron chi connectivity index (χ4n) is 2.01. The lowest BCUT2D eigenvalue weighted by Gasteiger charge is -2.32. The van der Waals surface area contributed by atoms with Crippen molar-refractivity contribution >= 4 is 5.78 Å². The fraction of sp³-hybridized carbons (Fsp3) is 0.900. The Morgan fingerprint density at radius 3 is 2.47 bits per heavy atom. The Morgan fingerprint density at radius 2 is 2.00 bits per heavy atom. The number of rotatable bonds is 2. The molecular weight excluding hydrogens is 207 g/mol. The van der Waals surface area contributed by atoms with Crippen LogP contribution in [-0.4, -0.2) is 24.0 Å². The lowest BCUT2D eigenvalue weighted by atomic mass is 9.88. The standard InChI is InChI=1S/C10H16F3NO/c1-6-4-3-5-8(14-6)7(2)9(15)10(11,12)13/h6-8,14H,3-5H2,1-2H3. The Morgan fingerprint density at radius 1 is 1.40 bits per heavy atom. The van der Waals surface area contributed by atoms with Crippen LogP contribution >= 0.6 is 0 Å². The Labute approximate surface area is 87.2 Å². The average molecular weight is 223 g/mol. The Bertz CT molecular complexity index is 239. The number of ketones is 1. The first kappa shape index (κ1) is 12.5. The molecule has 1 heterocycles. The highest BCUT2D eigenvalue weighted by Crippen LogP contribution is 2.26. The third kappa shape index (κ3) is 3.19. The quantitative estimate of drug-likeness (QED) is 0.778. The predicted octanol–water partition coefficient (Wildman–Crippen LogP) is 2.28. The highest BCUT2D eigenvalue weighted by atomic mass is 19.4. The minimum atomic E-state index is -4.71. The zero-order chi connectivity index (χ0) is 11.6. The molecule has 0 aromatic heterocycles. The minimum Gasteiger partial charge on any atom is -0.311 e. The highest BCUT2D eigenvalue weighted by Gasteiger charge is 2.44. The molecule has 0 aromatic rings. The first-order chi connectivity index (χ1) is 6.82. The molecule has 5 heteroatoms. The topological polar surface area (TPSA) is 29.1 Å². The molecule has 1 fully saturated rings. The summed E-state index contributed by atoms with van der Waals surface area (Å²) in [6.07, 6.45) is -2.22. The average Bonchev–Trinajstić information content (AvgIpc) is 2.14. The summed E-state index contributed by atoms with van der Waals surface area (Å²) in [5, 5.41) is 3.05. The molecule has 1 rings (SSSR count). The molecule has 88 valence electrons. The molecule has 0 saturated carbocycles. The van der Waals surface area contributed by atoms with E-state index in [2.05, 4.69) is 5.32 Å². The molecule has 0 aromatic carbocycles. The maximum atomic E-state index is 12.2. The van der Waals surface area contributed by atoms with Gasteiger partial charge in [0.25, 0.3) is 0 Å². The first-order valence-corrected chi connectivity index (χ1v) is 5.19. The third-order valence-corrected chi connectivity index (χ3v) is 2.95. The second kappa shape index (κ2) is 4.51. The predicted molar refractivity (Wildman–Crippen MR) is 50.5 cm³/mol. The van der Waals surface area contributed by atoms with Crippen molar-refractivity contribution in [2.45, 2.75) is 51.4 Å². The van der Waals surface area contributed by atoms with Crippen molar-refractivity contribution in [1.82, 2.24) is 5.32 Å². The van der Waals surface area contributed by atoms with E-state index < -0.39 is 17.9 Å². The Hall–Kier alpha value is -0.580. The van der Waals surface area contributed by atoms with E-state index in [1.165, 1.54) is 6.92 Å². The van der Waals surface area contributed by atoms with Gasteiger partial charge in [0.2, 0.25) is 5.78 Å². The maximum absolute atomic E-state index is 12.2. The number of hydrogen-bond donors (Lipinski definition) is 1. The first-order valence-electron chi connectivity index (χ1n) is 5.19.